The van der Waals surface area contributed by atoms with Crippen LogP contribution in [-0.4, -0.2) is 42.0 Å². The molecule has 126 valence electrons. The monoisotopic (exact) mass is 325 g/mol. The fourth-order valence-corrected chi connectivity index (χ4v) is 3.26. The van der Waals surface area contributed by atoms with E-state index in [-0.39, 0.29) is 18.5 Å². The topological polar surface area (TPSA) is 54.5 Å². The zero-order valence-corrected chi connectivity index (χ0v) is 12.9. The van der Waals surface area contributed by atoms with E-state index >= 15 is 0 Å². The Labute approximate surface area is 134 Å². The highest BCUT2D eigenvalue weighted by Gasteiger charge is 2.44. The number of likely N-dealkylation sites (tertiary alicyclic amines) is 1. The Morgan fingerprint density at radius 2 is 2.22 bits per heavy atom. The third-order valence-corrected chi connectivity index (χ3v) is 4.70. The van der Waals surface area contributed by atoms with Crippen molar-refractivity contribution < 1.29 is 18.3 Å². The van der Waals surface area contributed by atoms with Gasteiger partial charge in [-0.3, -0.25) is 0 Å². The van der Waals surface area contributed by atoms with Crippen LogP contribution in [-0.2, 0) is 6.54 Å². The zero-order chi connectivity index (χ0) is 16.3. The first-order valence-corrected chi connectivity index (χ1v) is 7.96. The average molecular weight is 325 g/mol. The minimum absolute atomic E-state index is 0.0884. The second-order valence-electron chi connectivity index (χ2n) is 6.35. The van der Waals surface area contributed by atoms with Crippen molar-refractivity contribution in [1.82, 2.24) is 15.2 Å². The fraction of sp³-hybridized carbons (Fsp3) is 0.625. The lowest BCUT2D eigenvalue weighted by molar-refractivity contribution is 0.0795. The fourth-order valence-electron chi connectivity index (χ4n) is 3.26. The van der Waals surface area contributed by atoms with E-state index < -0.39 is 13.0 Å². The molecule has 0 atom stereocenters. The smallest absolute Gasteiger partial charge is 0.317 e. The summed E-state index contributed by atoms with van der Waals surface area (Å²) in [6, 6.07) is 4.84. The number of aromatic nitrogens is 1. The van der Waals surface area contributed by atoms with Gasteiger partial charge in [-0.05, 0) is 30.7 Å². The predicted molar refractivity (Wildman–Crippen MR) is 80.4 cm³/mol. The van der Waals surface area contributed by atoms with Gasteiger partial charge in [0.1, 0.15) is 0 Å². The second-order valence-corrected chi connectivity index (χ2v) is 6.35. The highest BCUT2D eigenvalue weighted by molar-refractivity contribution is 5.74. The van der Waals surface area contributed by atoms with Gasteiger partial charge < -0.3 is 15.0 Å². The van der Waals surface area contributed by atoms with Crippen molar-refractivity contribution >= 4 is 6.03 Å². The summed E-state index contributed by atoms with van der Waals surface area (Å²) in [5, 5.41) is 2.84. The Bertz CT molecular complexity index is 564. The molecule has 2 amide bonds. The van der Waals surface area contributed by atoms with E-state index in [9.17, 15) is 13.6 Å². The van der Waals surface area contributed by atoms with Gasteiger partial charge >= 0.3 is 6.03 Å². The average Bonchev–Trinajstić information content (AvgIpc) is 2.97. The number of hydrogen-bond donors (Lipinski definition) is 1. The van der Waals surface area contributed by atoms with E-state index in [0.717, 1.165) is 19.5 Å². The lowest BCUT2D eigenvalue weighted by Crippen LogP contribution is -2.41. The molecule has 1 aliphatic heterocycles. The molecule has 1 N–H and O–H groups in total. The number of urea groups is 1. The first-order valence-electron chi connectivity index (χ1n) is 7.96. The number of halogens is 2. The summed E-state index contributed by atoms with van der Waals surface area (Å²) in [6.45, 7) is 1.22. The molecular weight excluding hydrogens is 304 g/mol. The first-order chi connectivity index (χ1) is 11.1. The molecule has 3 rings (SSSR count). The van der Waals surface area contributed by atoms with E-state index in [0.29, 0.717) is 11.1 Å². The summed E-state index contributed by atoms with van der Waals surface area (Å²) in [5.74, 6) is 0.145. The largest absolute Gasteiger partial charge is 0.472 e. The highest BCUT2D eigenvalue weighted by atomic mass is 19.3. The molecule has 1 aromatic rings. The second kappa shape index (κ2) is 6.68. The minimum atomic E-state index is -2.53. The Hall–Kier alpha value is -1.92. The summed E-state index contributed by atoms with van der Waals surface area (Å²) >= 11 is 0. The van der Waals surface area contributed by atoms with Gasteiger partial charge in [-0.15, -0.1) is 0 Å². The number of amides is 2. The third-order valence-electron chi connectivity index (χ3n) is 4.70. The van der Waals surface area contributed by atoms with E-state index in [1.807, 2.05) is 4.90 Å². The van der Waals surface area contributed by atoms with Gasteiger partial charge in [0.15, 0.2) is 6.61 Å². The number of ether oxygens (including phenoxy) is 1. The molecule has 23 heavy (non-hydrogen) atoms. The molecule has 1 aromatic heterocycles. The van der Waals surface area contributed by atoms with Crippen LogP contribution in [0.1, 0.15) is 31.4 Å². The molecular formula is C16H21F2N3O2. The maximum atomic E-state index is 12.2. The van der Waals surface area contributed by atoms with Crippen LogP contribution in [0.3, 0.4) is 0 Å². The normalized spacial score (nSPS) is 19.0. The highest BCUT2D eigenvalue weighted by Crippen LogP contribution is 2.47. The number of pyridine rings is 1. The van der Waals surface area contributed by atoms with Crippen LogP contribution in [0.15, 0.2) is 18.2 Å². The van der Waals surface area contributed by atoms with Crippen molar-refractivity contribution in [3.05, 3.63) is 23.9 Å². The summed E-state index contributed by atoms with van der Waals surface area (Å²) in [6.07, 6.45) is 2.28. The number of rotatable bonds is 5. The molecule has 0 bridgehead atoms. The van der Waals surface area contributed by atoms with E-state index in [1.54, 1.807) is 12.1 Å². The van der Waals surface area contributed by atoms with Gasteiger partial charge in [0.2, 0.25) is 5.88 Å². The first kappa shape index (κ1) is 16.0. The molecule has 0 unspecified atom stereocenters. The molecule has 1 saturated carbocycles. The van der Waals surface area contributed by atoms with Crippen molar-refractivity contribution in [1.29, 1.82) is 0 Å². The lowest BCUT2D eigenvalue weighted by atomic mass is 9.68. The van der Waals surface area contributed by atoms with Crippen LogP contribution in [0.4, 0.5) is 13.6 Å². The molecule has 0 radical (unpaired) electrons. The summed E-state index contributed by atoms with van der Waals surface area (Å²) < 4.78 is 29.1. The van der Waals surface area contributed by atoms with Crippen molar-refractivity contribution in [2.24, 2.45) is 5.41 Å². The van der Waals surface area contributed by atoms with Crippen LogP contribution in [0.2, 0.25) is 0 Å². The SMILES string of the molecule is O=C(NCc1cccc(OCC(F)F)n1)N1CCC2(CCC2)C1. The standard InChI is InChI=1S/C16H21F2N3O2/c17-13(18)10-23-14-4-1-3-12(20-14)9-19-15(22)21-8-7-16(11-21)5-2-6-16/h1,3-4,13H,2,5-11H2,(H,19,22). The quantitative estimate of drug-likeness (QED) is 0.906. The summed E-state index contributed by atoms with van der Waals surface area (Å²) in [4.78, 5) is 18.2. The maximum absolute atomic E-state index is 12.2. The van der Waals surface area contributed by atoms with Crippen LogP contribution in [0.5, 0.6) is 5.88 Å². The van der Waals surface area contributed by atoms with Crippen molar-refractivity contribution in [3.63, 3.8) is 0 Å². The molecule has 2 aliphatic rings. The van der Waals surface area contributed by atoms with Gasteiger partial charge in [-0.2, -0.15) is 0 Å². The summed E-state index contributed by atoms with van der Waals surface area (Å²) in [7, 11) is 0. The number of hydrogen-bond acceptors (Lipinski definition) is 3. The van der Waals surface area contributed by atoms with Gasteiger partial charge in [0.05, 0.1) is 12.2 Å². The molecule has 0 aromatic carbocycles. The van der Waals surface area contributed by atoms with E-state index in [1.165, 1.54) is 25.3 Å². The minimum Gasteiger partial charge on any atom is -0.472 e. The molecule has 2 heterocycles. The maximum Gasteiger partial charge on any atom is 0.317 e. The van der Waals surface area contributed by atoms with Crippen LogP contribution >= 0.6 is 0 Å². The van der Waals surface area contributed by atoms with E-state index in [2.05, 4.69) is 10.3 Å². The molecule has 1 aliphatic carbocycles. The van der Waals surface area contributed by atoms with Crippen LogP contribution in [0, 0.1) is 5.41 Å². The molecule has 5 nitrogen and oxygen atoms in total. The molecule has 1 spiro atoms. The Balaban J connectivity index is 1.48. The Morgan fingerprint density at radius 1 is 1.39 bits per heavy atom. The number of alkyl halides is 2. The Kier molecular flexibility index (Phi) is 4.63. The predicted octanol–water partition coefficient (Wildman–Crippen LogP) is 2.81. The van der Waals surface area contributed by atoms with Crippen LogP contribution in [0.25, 0.3) is 0 Å². The third kappa shape index (κ3) is 3.89. The Morgan fingerprint density at radius 3 is 2.87 bits per heavy atom. The summed E-state index contributed by atoms with van der Waals surface area (Å²) in [5.41, 5.74) is 0.959. The van der Waals surface area contributed by atoms with Crippen molar-refractivity contribution in [2.75, 3.05) is 19.7 Å². The van der Waals surface area contributed by atoms with Gasteiger partial charge in [-0.25, -0.2) is 18.6 Å². The van der Waals surface area contributed by atoms with Crippen LogP contribution < -0.4 is 10.1 Å². The van der Waals surface area contributed by atoms with E-state index in [4.69, 9.17) is 4.74 Å². The number of nitrogens with zero attached hydrogens (tertiary/aromatic N) is 2. The molecule has 7 heteroatoms. The lowest BCUT2D eigenvalue weighted by Gasteiger charge is -2.37. The number of carbonyl (C=O) groups excluding carboxylic acids is 1. The van der Waals surface area contributed by atoms with Gasteiger partial charge in [0.25, 0.3) is 6.43 Å². The van der Waals surface area contributed by atoms with Crippen molar-refractivity contribution in [3.8, 4) is 5.88 Å². The van der Waals surface area contributed by atoms with Gasteiger partial charge in [0, 0.05) is 19.2 Å². The van der Waals surface area contributed by atoms with Gasteiger partial charge in [-0.1, -0.05) is 12.5 Å². The number of nitrogens with one attached hydrogen (secondary N) is 1. The zero-order valence-electron chi connectivity index (χ0n) is 12.9. The van der Waals surface area contributed by atoms with Crippen molar-refractivity contribution in [2.45, 2.75) is 38.7 Å². The molecule has 1 saturated heterocycles. The number of carbonyl (C=O) groups is 1. The molecule has 2 fully saturated rings.